The second-order valence-electron chi connectivity index (χ2n) is 4.93. The van der Waals surface area contributed by atoms with E-state index in [1.165, 1.54) is 24.5 Å². The third kappa shape index (κ3) is 3.78. The number of urea groups is 1. The van der Waals surface area contributed by atoms with E-state index in [1.54, 1.807) is 36.2 Å². The van der Waals surface area contributed by atoms with E-state index in [0.29, 0.717) is 32.0 Å². The number of aromatic nitrogens is 2. The van der Waals surface area contributed by atoms with Crippen LogP contribution in [0.4, 0.5) is 25.8 Å². The quantitative estimate of drug-likeness (QED) is 0.669. The predicted octanol–water partition coefficient (Wildman–Crippen LogP) is 3.93. The van der Waals surface area contributed by atoms with Crippen molar-refractivity contribution in [3.8, 4) is 0 Å². The molecule has 130 valence electrons. The maximum Gasteiger partial charge on any atom is 0.344 e. The third-order valence-corrected chi connectivity index (χ3v) is 4.39. The first-order valence-corrected chi connectivity index (χ1v) is 8.23. The van der Waals surface area contributed by atoms with Crippen molar-refractivity contribution in [1.82, 2.24) is 15.4 Å². The number of rotatable bonds is 4. The molecule has 0 aliphatic rings. The summed E-state index contributed by atoms with van der Waals surface area (Å²) in [6.45, 7) is 0. The number of carbonyl (C=O) groups excluding carboxylic acids is 1. The smallest absolute Gasteiger partial charge is 0.327 e. The summed E-state index contributed by atoms with van der Waals surface area (Å²) in [5.41, 5.74) is 3.10. The van der Waals surface area contributed by atoms with Gasteiger partial charge in [-0.1, -0.05) is 22.9 Å². The lowest BCUT2D eigenvalue weighted by Crippen LogP contribution is -2.27. The number of amides is 2. The third-order valence-electron chi connectivity index (χ3n) is 3.27. The van der Waals surface area contributed by atoms with Crippen molar-refractivity contribution >= 4 is 56.0 Å². The highest BCUT2D eigenvalue weighted by atomic mass is 35.5. The van der Waals surface area contributed by atoms with Crippen LogP contribution in [-0.2, 0) is 4.84 Å². The normalized spacial score (nSPS) is 10.7. The average molecular weight is 382 g/mol. The molecule has 0 aliphatic heterocycles. The molecular formula is C15H13ClFN5O2S. The van der Waals surface area contributed by atoms with Crippen LogP contribution in [0.25, 0.3) is 10.3 Å². The Labute approximate surface area is 151 Å². The van der Waals surface area contributed by atoms with Gasteiger partial charge >= 0.3 is 6.03 Å². The first-order valence-electron chi connectivity index (χ1n) is 7.04. The Balaban J connectivity index is 1.88. The number of nitrogens with zero attached hydrogens (tertiary/aromatic N) is 3. The molecule has 2 heterocycles. The molecule has 0 atom stereocenters. The van der Waals surface area contributed by atoms with Crippen LogP contribution in [0.3, 0.4) is 0 Å². The molecule has 0 aliphatic carbocycles. The van der Waals surface area contributed by atoms with Gasteiger partial charge in [0.2, 0.25) is 0 Å². The van der Waals surface area contributed by atoms with E-state index >= 15 is 0 Å². The lowest BCUT2D eigenvalue weighted by Gasteiger charge is -2.18. The van der Waals surface area contributed by atoms with Crippen LogP contribution in [-0.4, -0.2) is 30.2 Å². The second kappa shape index (κ2) is 7.18. The van der Waals surface area contributed by atoms with Crippen LogP contribution in [0.1, 0.15) is 0 Å². The molecule has 0 radical (unpaired) electrons. The maximum atomic E-state index is 14.1. The second-order valence-corrected chi connectivity index (χ2v) is 6.34. The molecule has 0 unspecified atom stereocenters. The number of hydrogen-bond acceptors (Lipinski definition) is 6. The Hall–Kier alpha value is -2.49. The minimum absolute atomic E-state index is 0.325. The molecular weight excluding hydrogens is 369 g/mol. The Morgan fingerprint density at radius 1 is 1.32 bits per heavy atom. The number of benzene rings is 1. The summed E-state index contributed by atoms with van der Waals surface area (Å²) in [7, 11) is 3.03. The number of halogens is 2. The van der Waals surface area contributed by atoms with E-state index in [2.05, 4.69) is 25.6 Å². The first-order chi connectivity index (χ1) is 12.0. The molecule has 0 saturated heterocycles. The summed E-state index contributed by atoms with van der Waals surface area (Å²) in [4.78, 5) is 26.9. The zero-order valence-corrected chi connectivity index (χ0v) is 14.8. The number of fused-ring (bicyclic) bond motifs is 1. The number of hydrogen-bond donors (Lipinski definition) is 2. The monoisotopic (exact) mass is 381 g/mol. The lowest BCUT2D eigenvalue weighted by atomic mass is 10.2. The Morgan fingerprint density at radius 2 is 2.12 bits per heavy atom. The minimum Gasteiger partial charge on any atom is -0.327 e. The van der Waals surface area contributed by atoms with Gasteiger partial charge in [-0.15, -0.1) is 0 Å². The fourth-order valence-electron chi connectivity index (χ4n) is 2.14. The molecule has 2 N–H and O–H groups in total. The Bertz CT molecular complexity index is 935. The van der Waals surface area contributed by atoms with Gasteiger partial charge in [-0.2, -0.15) is 0 Å². The van der Waals surface area contributed by atoms with E-state index in [-0.39, 0.29) is 0 Å². The average Bonchev–Trinajstić information content (AvgIpc) is 2.95. The summed E-state index contributed by atoms with van der Waals surface area (Å²) < 4.78 is 14.1. The summed E-state index contributed by atoms with van der Waals surface area (Å²) in [5.74, 6) is 0.0880. The van der Waals surface area contributed by atoms with Gasteiger partial charge in [-0.25, -0.2) is 24.6 Å². The highest BCUT2D eigenvalue weighted by Crippen LogP contribution is 2.30. The van der Waals surface area contributed by atoms with Gasteiger partial charge in [0.15, 0.2) is 5.13 Å². The van der Waals surface area contributed by atoms with Crippen molar-refractivity contribution in [3.05, 3.63) is 41.2 Å². The van der Waals surface area contributed by atoms with Crippen molar-refractivity contribution in [2.45, 2.75) is 0 Å². The highest BCUT2D eigenvalue weighted by molar-refractivity contribution is 7.21. The van der Waals surface area contributed by atoms with E-state index < -0.39 is 11.8 Å². The number of anilines is 3. The van der Waals surface area contributed by atoms with Crippen LogP contribution in [0, 0.1) is 5.82 Å². The van der Waals surface area contributed by atoms with Gasteiger partial charge in [-0.3, -0.25) is 10.2 Å². The fraction of sp³-hybridized carbons (Fsp3) is 0.133. The SMILES string of the molecule is CONC(=O)Nc1nc2ccc(N(C)c3ccc(Cl)cc3F)nc2s1. The zero-order valence-electron chi connectivity index (χ0n) is 13.2. The van der Waals surface area contributed by atoms with Crippen LogP contribution in [0.15, 0.2) is 30.3 Å². The van der Waals surface area contributed by atoms with Crippen LogP contribution in [0.2, 0.25) is 5.02 Å². The topological polar surface area (TPSA) is 79.4 Å². The largest absolute Gasteiger partial charge is 0.344 e. The van der Waals surface area contributed by atoms with E-state index in [4.69, 9.17) is 11.6 Å². The van der Waals surface area contributed by atoms with Crippen molar-refractivity contribution in [2.24, 2.45) is 0 Å². The molecule has 1 aromatic carbocycles. The van der Waals surface area contributed by atoms with Gasteiger partial charge in [-0.05, 0) is 30.3 Å². The summed E-state index contributed by atoms with van der Waals surface area (Å²) >= 11 is 6.98. The first kappa shape index (κ1) is 17.3. The van der Waals surface area contributed by atoms with Crippen molar-refractivity contribution in [2.75, 3.05) is 24.4 Å². The van der Waals surface area contributed by atoms with E-state index in [1.807, 2.05) is 0 Å². The molecule has 10 heteroatoms. The minimum atomic E-state index is -0.540. The van der Waals surface area contributed by atoms with E-state index in [9.17, 15) is 9.18 Å². The Kier molecular flexibility index (Phi) is 4.98. The number of carbonyl (C=O) groups is 1. The maximum absolute atomic E-state index is 14.1. The van der Waals surface area contributed by atoms with Gasteiger partial charge in [0.25, 0.3) is 0 Å². The molecule has 0 fully saturated rings. The summed E-state index contributed by atoms with van der Waals surface area (Å²) in [6.07, 6.45) is 0. The molecule has 0 bridgehead atoms. The van der Waals surface area contributed by atoms with Crippen molar-refractivity contribution < 1.29 is 14.0 Å². The van der Waals surface area contributed by atoms with Crippen molar-refractivity contribution in [3.63, 3.8) is 0 Å². The molecule has 3 aromatic rings. The van der Waals surface area contributed by atoms with Gasteiger partial charge in [0.1, 0.15) is 22.0 Å². The van der Waals surface area contributed by atoms with Crippen LogP contribution < -0.4 is 15.7 Å². The molecule has 2 aromatic heterocycles. The highest BCUT2D eigenvalue weighted by Gasteiger charge is 2.14. The zero-order chi connectivity index (χ0) is 18.0. The molecule has 25 heavy (non-hydrogen) atoms. The number of nitrogens with one attached hydrogen (secondary N) is 2. The Morgan fingerprint density at radius 3 is 2.84 bits per heavy atom. The standard InChI is InChI=1S/C15H13ClFN5O2S/c1-22(11-5-3-8(16)7-9(11)17)12-6-4-10-13(19-12)25-15(18-10)20-14(23)21-24-2/h3-7H,1-2H3,(H2,18,20,21,23). The molecule has 3 rings (SSSR count). The van der Waals surface area contributed by atoms with Crippen molar-refractivity contribution in [1.29, 1.82) is 0 Å². The van der Waals surface area contributed by atoms with Crippen LogP contribution in [0.5, 0.6) is 0 Å². The van der Waals surface area contributed by atoms with Gasteiger partial charge in [0.05, 0.1) is 12.8 Å². The summed E-state index contributed by atoms with van der Waals surface area (Å²) in [5, 5.41) is 3.23. The number of pyridine rings is 1. The van der Waals surface area contributed by atoms with Gasteiger partial charge < -0.3 is 4.90 Å². The van der Waals surface area contributed by atoms with E-state index in [0.717, 1.165) is 0 Å². The molecule has 7 nitrogen and oxygen atoms in total. The molecule has 0 saturated carbocycles. The predicted molar refractivity (Wildman–Crippen MR) is 96.1 cm³/mol. The van der Waals surface area contributed by atoms with Gasteiger partial charge in [0, 0.05) is 12.1 Å². The number of thiazole rings is 1. The molecule has 0 spiro atoms. The summed E-state index contributed by atoms with van der Waals surface area (Å²) in [6, 6.07) is 7.36. The fourth-order valence-corrected chi connectivity index (χ4v) is 3.13. The number of hydroxylamine groups is 1. The molecule has 2 amide bonds. The van der Waals surface area contributed by atoms with Crippen LogP contribution >= 0.6 is 22.9 Å². The lowest BCUT2D eigenvalue weighted by molar-refractivity contribution is 0.114.